The molecule has 2 fully saturated rings. The molecule has 0 unspecified atom stereocenters. The molecule has 2 saturated carbocycles. The van der Waals surface area contributed by atoms with Crippen molar-refractivity contribution in [2.24, 2.45) is 0 Å². The van der Waals surface area contributed by atoms with Gasteiger partial charge in [-0.3, -0.25) is 9.69 Å². The van der Waals surface area contributed by atoms with E-state index in [9.17, 15) is 4.79 Å². The first-order valence-corrected chi connectivity index (χ1v) is 9.55. The smallest absolute Gasteiger partial charge is 0.186 e. The lowest BCUT2D eigenvalue weighted by Gasteiger charge is -2.41. The molecule has 1 heterocycles. The van der Waals surface area contributed by atoms with Gasteiger partial charge in [-0.25, -0.2) is 0 Å². The van der Waals surface area contributed by atoms with Crippen LogP contribution in [0.25, 0.3) is 0 Å². The monoisotopic (exact) mass is 305 g/mol. The van der Waals surface area contributed by atoms with Crippen molar-refractivity contribution in [3.63, 3.8) is 0 Å². The number of nitrogens with zero attached hydrogens (tertiary/aromatic N) is 1. The summed E-state index contributed by atoms with van der Waals surface area (Å²) in [5.74, 6) is 0.334. The Balaban J connectivity index is 1.69. The van der Waals surface area contributed by atoms with Crippen LogP contribution < -0.4 is 0 Å². The molecule has 3 rings (SSSR count). The van der Waals surface area contributed by atoms with Crippen molar-refractivity contribution in [2.75, 3.05) is 6.54 Å². The van der Waals surface area contributed by atoms with Crippen LogP contribution in [-0.4, -0.2) is 29.3 Å². The molecule has 2 aliphatic carbocycles. The standard InChI is InChI=1S/C18H27NOS/c20-17(18-12-7-13-21-18)14-19(15-8-3-1-4-9-15)16-10-5-2-6-11-16/h7,12-13,15-16H,1-6,8-11,14H2. The van der Waals surface area contributed by atoms with Gasteiger partial charge in [0.15, 0.2) is 5.78 Å². The van der Waals surface area contributed by atoms with Crippen molar-refractivity contribution >= 4 is 17.1 Å². The van der Waals surface area contributed by atoms with Crippen LogP contribution in [0.4, 0.5) is 0 Å². The molecule has 0 N–H and O–H groups in total. The van der Waals surface area contributed by atoms with E-state index in [1.165, 1.54) is 64.2 Å². The molecule has 0 bridgehead atoms. The SMILES string of the molecule is O=C(CN(C1CCCCC1)C1CCCCC1)c1cccs1. The van der Waals surface area contributed by atoms with Crippen molar-refractivity contribution < 1.29 is 4.79 Å². The molecule has 1 aromatic rings. The summed E-state index contributed by atoms with van der Waals surface area (Å²) in [5, 5.41) is 2.01. The predicted octanol–water partition coefficient (Wildman–Crippen LogP) is 4.90. The predicted molar refractivity (Wildman–Crippen MR) is 89.1 cm³/mol. The average molecular weight is 305 g/mol. The largest absolute Gasteiger partial charge is 0.292 e. The molecule has 3 heteroatoms. The van der Waals surface area contributed by atoms with Gasteiger partial charge in [0.2, 0.25) is 0 Å². The number of Topliss-reactive ketones (excluding diaryl/α,β-unsaturated/α-hetero) is 1. The number of hydrogen-bond acceptors (Lipinski definition) is 3. The Labute approximate surface area is 132 Å². The molecule has 2 nitrogen and oxygen atoms in total. The number of hydrogen-bond donors (Lipinski definition) is 0. The maximum absolute atomic E-state index is 12.6. The number of ketones is 1. The Bertz CT molecular complexity index is 412. The second-order valence-electron chi connectivity index (χ2n) is 6.66. The third-order valence-corrected chi connectivity index (χ3v) is 6.12. The fraction of sp³-hybridized carbons (Fsp3) is 0.722. The Morgan fingerprint density at radius 1 is 1.00 bits per heavy atom. The van der Waals surface area contributed by atoms with Crippen LogP contribution in [0.5, 0.6) is 0 Å². The first kappa shape index (κ1) is 15.2. The summed E-state index contributed by atoms with van der Waals surface area (Å²) in [5.41, 5.74) is 0. The summed E-state index contributed by atoms with van der Waals surface area (Å²) in [7, 11) is 0. The number of carbonyl (C=O) groups excluding carboxylic acids is 1. The lowest BCUT2D eigenvalue weighted by atomic mass is 9.88. The Morgan fingerprint density at radius 3 is 2.05 bits per heavy atom. The molecule has 2 aliphatic rings. The van der Waals surface area contributed by atoms with E-state index in [-0.39, 0.29) is 0 Å². The van der Waals surface area contributed by atoms with Gasteiger partial charge in [-0.2, -0.15) is 0 Å². The van der Waals surface area contributed by atoms with Gasteiger partial charge in [-0.05, 0) is 37.1 Å². The van der Waals surface area contributed by atoms with Gasteiger partial charge in [0, 0.05) is 12.1 Å². The van der Waals surface area contributed by atoms with E-state index < -0.39 is 0 Å². The topological polar surface area (TPSA) is 20.3 Å². The van der Waals surface area contributed by atoms with Crippen LogP contribution in [0.1, 0.15) is 73.9 Å². The average Bonchev–Trinajstić information content (AvgIpc) is 3.09. The highest BCUT2D eigenvalue weighted by Crippen LogP contribution is 2.30. The molecule has 0 radical (unpaired) electrons. The minimum Gasteiger partial charge on any atom is -0.292 e. The third kappa shape index (κ3) is 3.95. The van der Waals surface area contributed by atoms with Gasteiger partial charge in [-0.1, -0.05) is 44.6 Å². The summed E-state index contributed by atoms with van der Waals surface area (Å²) in [6.07, 6.45) is 13.4. The van der Waals surface area contributed by atoms with Crippen LogP contribution in [0.3, 0.4) is 0 Å². The number of rotatable bonds is 5. The normalized spacial score (nSPS) is 21.8. The number of carbonyl (C=O) groups is 1. The lowest BCUT2D eigenvalue weighted by molar-refractivity contribution is 0.0647. The van der Waals surface area contributed by atoms with Crippen LogP contribution >= 0.6 is 11.3 Å². The molecule has 116 valence electrons. The minimum absolute atomic E-state index is 0.334. The minimum atomic E-state index is 0.334. The zero-order chi connectivity index (χ0) is 14.5. The van der Waals surface area contributed by atoms with Gasteiger partial charge in [0.1, 0.15) is 0 Å². The second-order valence-corrected chi connectivity index (χ2v) is 7.60. The quantitative estimate of drug-likeness (QED) is 0.721. The highest BCUT2D eigenvalue weighted by molar-refractivity contribution is 7.12. The first-order chi connectivity index (χ1) is 10.3. The molecular weight excluding hydrogens is 278 g/mol. The Morgan fingerprint density at radius 2 is 1.57 bits per heavy atom. The summed E-state index contributed by atoms with van der Waals surface area (Å²) in [6, 6.07) is 5.28. The van der Waals surface area contributed by atoms with Crippen LogP contribution in [0.15, 0.2) is 17.5 Å². The van der Waals surface area contributed by atoms with E-state index in [4.69, 9.17) is 0 Å². The number of thiophene rings is 1. The van der Waals surface area contributed by atoms with Crippen molar-refractivity contribution in [1.82, 2.24) is 4.90 Å². The zero-order valence-corrected chi connectivity index (χ0v) is 13.7. The fourth-order valence-corrected chi connectivity index (χ4v) is 4.72. The van der Waals surface area contributed by atoms with Crippen molar-refractivity contribution in [2.45, 2.75) is 76.3 Å². The third-order valence-electron chi connectivity index (χ3n) is 5.21. The lowest BCUT2D eigenvalue weighted by Crippen LogP contribution is -2.47. The molecule has 0 spiro atoms. The van der Waals surface area contributed by atoms with Crippen molar-refractivity contribution in [1.29, 1.82) is 0 Å². The van der Waals surface area contributed by atoms with E-state index in [2.05, 4.69) is 4.90 Å². The van der Waals surface area contributed by atoms with Crippen LogP contribution in [-0.2, 0) is 0 Å². The zero-order valence-electron chi connectivity index (χ0n) is 12.9. The van der Waals surface area contributed by atoms with Gasteiger partial charge in [0.25, 0.3) is 0 Å². The fourth-order valence-electron chi connectivity index (χ4n) is 4.06. The Hall–Kier alpha value is -0.670. The van der Waals surface area contributed by atoms with E-state index in [1.807, 2.05) is 17.5 Å². The summed E-state index contributed by atoms with van der Waals surface area (Å²) in [6.45, 7) is 0.649. The maximum atomic E-state index is 12.6. The highest BCUT2D eigenvalue weighted by atomic mass is 32.1. The summed E-state index contributed by atoms with van der Waals surface area (Å²) < 4.78 is 0. The molecule has 21 heavy (non-hydrogen) atoms. The first-order valence-electron chi connectivity index (χ1n) is 8.67. The Kier molecular flexibility index (Phi) is 5.48. The summed E-state index contributed by atoms with van der Waals surface area (Å²) in [4.78, 5) is 16.1. The second kappa shape index (κ2) is 7.55. The highest BCUT2D eigenvalue weighted by Gasteiger charge is 2.30. The molecule has 0 aliphatic heterocycles. The van der Waals surface area contributed by atoms with Gasteiger partial charge >= 0.3 is 0 Å². The van der Waals surface area contributed by atoms with Gasteiger partial charge < -0.3 is 0 Å². The van der Waals surface area contributed by atoms with E-state index in [0.717, 1.165) is 4.88 Å². The summed E-state index contributed by atoms with van der Waals surface area (Å²) >= 11 is 1.59. The van der Waals surface area contributed by atoms with Crippen molar-refractivity contribution in [3.05, 3.63) is 22.4 Å². The van der Waals surface area contributed by atoms with Gasteiger partial charge in [0.05, 0.1) is 11.4 Å². The van der Waals surface area contributed by atoms with Gasteiger partial charge in [-0.15, -0.1) is 11.3 Å². The van der Waals surface area contributed by atoms with E-state index in [1.54, 1.807) is 11.3 Å². The molecule has 0 amide bonds. The van der Waals surface area contributed by atoms with E-state index in [0.29, 0.717) is 24.4 Å². The molecule has 0 atom stereocenters. The van der Waals surface area contributed by atoms with Crippen LogP contribution in [0.2, 0.25) is 0 Å². The molecular formula is C18H27NOS. The van der Waals surface area contributed by atoms with E-state index >= 15 is 0 Å². The molecule has 0 saturated heterocycles. The van der Waals surface area contributed by atoms with Crippen LogP contribution in [0, 0.1) is 0 Å². The molecule has 0 aromatic carbocycles. The van der Waals surface area contributed by atoms with Crippen molar-refractivity contribution in [3.8, 4) is 0 Å². The molecule has 1 aromatic heterocycles. The maximum Gasteiger partial charge on any atom is 0.186 e.